The van der Waals surface area contributed by atoms with Gasteiger partial charge in [0.25, 0.3) is 5.56 Å². The Labute approximate surface area is 185 Å². The molecule has 0 aliphatic carbocycles. The number of aryl methyl sites for hydroxylation is 1. The van der Waals surface area contributed by atoms with E-state index < -0.39 is 23.0 Å². The van der Waals surface area contributed by atoms with Gasteiger partial charge in [0.15, 0.2) is 0 Å². The molecule has 9 heteroatoms. The lowest BCUT2D eigenvalue weighted by Gasteiger charge is -2.13. The Morgan fingerprint density at radius 2 is 1.97 bits per heavy atom. The van der Waals surface area contributed by atoms with Crippen LogP contribution in [-0.4, -0.2) is 15.0 Å². The fourth-order valence-electron chi connectivity index (χ4n) is 3.29. The Hall–Kier alpha value is -3.23. The van der Waals surface area contributed by atoms with E-state index in [9.17, 15) is 18.8 Å². The van der Waals surface area contributed by atoms with Gasteiger partial charge in [-0.05, 0) is 53.8 Å². The molecule has 0 fully saturated rings. The number of hydrogen-bond donors (Lipinski definition) is 1. The summed E-state index contributed by atoms with van der Waals surface area (Å²) in [5.41, 5.74) is 1.27. The summed E-state index contributed by atoms with van der Waals surface area (Å²) < 4.78 is 15.9. The van der Waals surface area contributed by atoms with Crippen LogP contribution in [0.15, 0.2) is 63.5 Å². The summed E-state index contributed by atoms with van der Waals surface area (Å²) in [6.45, 7) is 1.67. The summed E-state index contributed by atoms with van der Waals surface area (Å²) in [7, 11) is 0. The third kappa shape index (κ3) is 4.17. The molecule has 0 radical (unpaired) electrons. The fraction of sp³-hybridized carbons (Fsp3) is 0.136. The van der Waals surface area contributed by atoms with Crippen LogP contribution in [0, 0.1) is 12.7 Å². The van der Waals surface area contributed by atoms with Crippen LogP contribution in [0.1, 0.15) is 11.1 Å². The maximum absolute atomic E-state index is 13.2. The van der Waals surface area contributed by atoms with Crippen LogP contribution >= 0.6 is 22.9 Å². The predicted octanol–water partition coefficient (Wildman–Crippen LogP) is 3.63. The van der Waals surface area contributed by atoms with Gasteiger partial charge in [-0.1, -0.05) is 29.8 Å². The number of nitrogens with zero attached hydrogens (tertiary/aromatic N) is 2. The number of benzene rings is 2. The van der Waals surface area contributed by atoms with Crippen molar-refractivity contribution in [3.8, 4) is 5.69 Å². The van der Waals surface area contributed by atoms with Crippen LogP contribution in [0.3, 0.4) is 0 Å². The quantitative estimate of drug-likeness (QED) is 0.497. The molecule has 6 nitrogen and oxygen atoms in total. The van der Waals surface area contributed by atoms with E-state index in [0.29, 0.717) is 21.5 Å². The average molecular weight is 458 g/mol. The molecule has 0 atom stereocenters. The molecule has 2 heterocycles. The van der Waals surface area contributed by atoms with Gasteiger partial charge in [-0.25, -0.2) is 13.8 Å². The zero-order valence-electron chi connectivity index (χ0n) is 16.4. The van der Waals surface area contributed by atoms with Gasteiger partial charge in [-0.15, -0.1) is 11.3 Å². The van der Waals surface area contributed by atoms with E-state index in [1.807, 2.05) is 13.0 Å². The first-order valence-electron chi connectivity index (χ1n) is 9.36. The number of nitrogens with one attached hydrogen (secondary N) is 1. The second-order valence-electron chi connectivity index (χ2n) is 7.00. The van der Waals surface area contributed by atoms with Crippen molar-refractivity contribution in [2.75, 3.05) is 0 Å². The van der Waals surface area contributed by atoms with Crippen molar-refractivity contribution < 1.29 is 9.18 Å². The molecule has 1 amide bonds. The molecule has 2 aromatic heterocycles. The molecule has 1 N–H and O–H groups in total. The summed E-state index contributed by atoms with van der Waals surface area (Å²) in [6.07, 6.45) is 0. The molecule has 4 rings (SSSR count). The van der Waals surface area contributed by atoms with E-state index >= 15 is 0 Å². The Morgan fingerprint density at radius 3 is 2.71 bits per heavy atom. The summed E-state index contributed by atoms with van der Waals surface area (Å²) >= 11 is 7.21. The molecule has 0 unspecified atom stereocenters. The highest BCUT2D eigenvalue weighted by Crippen LogP contribution is 2.18. The lowest BCUT2D eigenvalue weighted by Crippen LogP contribution is -2.41. The van der Waals surface area contributed by atoms with E-state index in [4.69, 9.17) is 11.6 Å². The Kier molecular flexibility index (Phi) is 5.75. The first-order chi connectivity index (χ1) is 14.8. The van der Waals surface area contributed by atoms with Crippen LogP contribution < -0.4 is 16.6 Å². The Balaban J connectivity index is 1.69. The normalized spacial score (nSPS) is 11.1. The summed E-state index contributed by atoms with van der Waals surface area (Å²) in [6, 6.07) is 12.6. The van der Waals surface area contributed by atoms with Crippen LogP contribution in [0.4, 0.5) is 4.39 Å². The van der Waals surface area contributed by atoms with Gasteiger partial charge >= 0.3 is 5.69 Å². The highest BCUT2D eigenvalue weighted by atomic mass is 35.5. The van der Waals surface area contributed by atoms with Crippen LogP contribution in [0.2, 0.25) is 5.02 Å². The topological polar surface area (TPSA) is 73.1 Å². The monoisotopic (exact) mass is 457 g/mol. The molecule has 0 saturated heterocycles. The van der Waals surface area contributed by atoms with Crippen molar-refractivity contribution in [1.29, 1.82) is 0 Å². The van der Waals surface area contributed by atoms with E-state index in [-0.39, 0.29) is 18.1 Å². The van der Waals surface area contributed by atoms with E-state index in [0.717, 1.165) is 10.1 Å². The molecule has 4 aromatic rings. The number of halogens is 2. The van der Waals surface area contributed by atoms with Crippen molar-refractivity contribution in [3.05, 3.63) is 96.7 Å². The number of amides is 1. The van der Waals surface area contributed by atoms with Crippen molar-refractivity contribution in [2.24, 2.45) is 0 Å². The molecule has 158 valence electrons. The zero-order chi connectivity index (χ0) is 22.1. The van der Waals surface area contributed by atoms with Gasteiger partial charge in [0, 0.05) is 11.6 Å². The van der Waals surface area contributed by atoms with E-state index in [1.165, 1.54) is 34.1 Å². The first-order valence-corrected chi connectivity index (χ1v) is 10.6. The van der Waals surface area contributed by atoms with Gasteiger partial charge in [-0.3, -0.25) is 14.2 Å². The third-order valence-electron chi connectivity index (χ3n) is 4.81. The molecule has 31 heavy (non-hydrogen) atoms. The molecule has 0 saturated carbocycles. The molecular formula is C22H17ClFN3O3S. The number of aromatic nitrogens is 2. The van der Waals surface area contributed by atoms with Crippen molar-refractivity contribution >= 4 is 39.1 Å². The van der Waals surface area contributed by atoms with Gasteiger partial charge in [-0.2, -0.15) is 0 Å². The fourth-order valence-corrected chi connectivity index (χ4v) is 4.35. The van der Waals surface area contributed by atoms with Crippen molar-refractivity contribution in [1.82, 2.24) is 14.5 Å². The van der Waals surface area contributed by atoms with E-state index in [1.54, 1.807) is 29.6 Å². The predicted molar refractivity (Wildman–Crippen MR) is 120 cm³/mol. The number of rotatable bonds is 5. The number of fused-ring (bicyclic) bond motifs is 1. The zero-order valence-corrected chi connectivity index (χ0v) is 18.0. The van der Waals surface area contributed by atoms with Gasteiger partial charge in [0.05, 0.1) is 11.2 Å². The van der Waals surface area contributed by atoms with Crippen LogP contribution in [0.25, 0.3) is 15.9 Å². The maximum atomic E-state index is 13.2. The second kappa shape index (κ2) is 8.49. The van der Waals surface area contributed by atoms with Gasteiger partial charge in [0.1, 0.15) is 17.1 Å². The standard InChI is InChI=1S/C22H17ClFN3O3S/c1-13-3-2-4-16(9-13)27-21(29)20-18(7-8-31-20)26(22(27)30)12-19(28)25-11-14-5-6-15(24)10-17(14)23/h2-10H,11-12H2,1H3,(H,25,28). The highest BCUT2D eigenvalue weighted by molar-refractivity contribution is 7.17. The highest BCUT2D eigenvalue weighted by Gasteiger charge is 2.17. The average Bonchev–Trinajstić information content (AvgIpc) is 3.21. The number of carbonyl (C=O) groups excluding carboxylic acids is 1. The molecule has 2 aromatic carbocycles. The van der Waals surface area contributed by atoms with E-state index in [2.05, 4.69) is 5.32 Å². The lowest BCUT2D eigenvalue weighted by molar-refractivity contribution is -0.121. The largest absolute Gasteiger partial charge is 0.350 e. The SMILES string of the molecule is Cc1cccc(-n2c(=O)c3sccc3n(CC(=O)NCc3ccc(F)cc3Cl)c2=O)c1. The second-order valence-corrected chi connectivity index (χ2v) is 8.32. The summed E-state index contributed by atoms with van der Waals surface area (Å²) in [4.78, 5) is 38.7. The molecule has 0 bridgehead atoms. The van der Waals surface area contributed by atoms with Crippen molar-refractivity contribution in [3.63, 3.8) is 0 Å². The number of hydrogen-bond acceptors (Lipinski definition) is 4. The molecule has 0 aliphatic rings. The molecular weight excluding hydrogens is 441 g/mol. The lowest BCUT2D eigenvalue weighted by atomic mass is 10.2. The first kappa shape index (κ1) is 21.0. The molecule has 0 spiro atoms. The Bertz CT molecular complexity index is 1420. The smallest absolute Gasteiger partial charge is 0.336 e. The number of thiophene rings is 1. The summed E-state index contributed by atoms with van der Waals surface area (Å²) in [5.74, 6) is -0.908. The number of carbonyl (C=O) groups is 1. The molecule has 0 aliphatic heterocycles. The Morgan fingerprint density at radius 1 is 1.16 bits per heavy atom. The third-order valence-corrected chi connectivity index (χ3v) is 6.05. The van der Waals surface area contributed by atoms with Gasteiger partial charge in [0.2, 0.25) is 5.91 Å². The van der Waals surface area contributed by atoms with Crippen molar-refractivity contribution in [2.45, 2.75) is 20.0 Å². The van der Waals surface area contributed by atoms with Crippen LogP contribution in [-0.2, 0) is 17.9 Å². The minimum absolute atomic E-state index is 0.0804. The minimum Gasteiger partial charge on any atom is -0.350 e. The summed E-state index contributed by atoms with van der Waals surface area (Å²) in [5, 5.41) is 4.59. The van der Waals surface area contributed by atoms with Crippen LogP contribution in [0.5, 0.6) is 0 Å². The minimum atomic E-state index is -0.600. The maximum Gasteiger partial charge on any atom is 0.336 e. The van der Waals surface area contributed by atoms with Gasteiger partial charge < -0.3 is 5.32 Å².